The quantitative estimate of drug-likeness (QED) is 0.528. The first-order valence-electron chi connectivity index (χ1n) is 6.39. The summed E-state index contributed by atoms with van der Waals surface area (Å²) in [6.45, 7) is 7.24. The highest BCUT2D eigenvalue weighted by Crippen LogP contribution is 2.15. The predicted octanol–water partition coefficient (Wildman–Crippen LogP) is 2.96. The van der Waals surface area contributed by atoms with E-state index >= 15 is 0 Å². The minimum Gasteiger partial charge on any atom is -0.298 e. The Morgan fingerprint density at radius 2 is 2.06 bits per heavy atom. The largest absolute Gasteiger partial charge is 0.298 e. The number of nitrogens with zero attached hydrogens (tertiary/aromatic N) is 2. The Labute approximate surface area is 108 Å². The third kappa shape index (κ3) is 3.60. The highest BCUT2D eigenvalue weighted by atomic mass is 32.2. The summed E-state index contributed by atoms with van der Waals surface area (Å²) in [5, 5.41) is 4.54. The first-order valence-corrected chi connectivity index (χ1v) is 7.55. The SMILES string of the molecule is CCSCCCn1nc(CC)c(C=O)c1CC. The smallest absolute Gasteiger partial charge is 0.153 e. The average Bonchev–Trinajstić information content (AvgIpc) is 2.71. The fourth-order valence-corrected chi connectivity index (χ4v) is 2.60. The van der Waals surface area contributed by atoms with Crippen molar-refractivity contribution in [3.8, 4) is 0 Å². The van der Waals surface area contributed by atoms with Crippen molar-refractivity contribution < 1.29 is 4.79 Å². The van der Waals surface area contributed by atoms with Gasteiger partial charge in [-0.05, 0) is 30.8 Å². The van der Waals surface area contributed by atoms with Crippen LogP contribution < -0.4 is 0 Å². The standard InChI is InChI=1S/C13H22N2OS/c1-4-12-11(10-16)13(5-2)15(14-12)8-7-9-17-6-3/h10H,4-9H2,1-3H3. The lowest BCUT2D eigenvalue weighted by Crippen LogP contribution is -2.06. The maximum atomic E-state index is 11.1. The fourth-order valence-electron chi connectivity index (χ4n) is 1.98. The van der Waals surface area contributed by atoms with Crippen LogP contribution in [0.3, 0.4) is 0 Å². The molecule has 0 aliphatic carbocycles. The van der Waals surface area contributed by atoms with Crippen molar-refractivity contribution in [2.75, 3.05) is 11.5 Å². The molecule has 1 aromatic heterocycles. The molecular formula is C13H22N2OS. The van der Waals surface area contributed by atoms with Gasteiger partial charge in [-0.2, -0.15) is 16.9 Å². The first-order chi connectivity index (χ1) is 8.28. The van der Waals surface area contributed by atoms with Crippen molar-refractivity contribution in [1.82, 2.24) is 9.78 Å². The van der Waals surface area contributed by atoms with Crippen LogP contribution in [0, 0.1) is 0 Å². The van der Waals surface area contributed by atoms with Crippen molar-refractivity contribution in [3.05, 3.63) is 17.0 Å². The van der Waals surface area contributed by atoms with Gasteiger partial charge in [-0.1, -0.05) is 20.8 Å². The minimum absolute atomic E-state index is 0.818. The molecule has 0 N–H and O–H groups in total. The Morgan fingerprint density at radius 1 is 1.29 bits per heavy atom. The number of hydrogen-bond donors (Lipinski definition) is 0. The Bertz CT molecular complexity index is 361. The second kappa shape index (κ2) is 7.54. The maximum Gasteiger partial charge on any atom is 0.153 e. The van der Waals surface area contributed by atoms with Gasteiger partial charge in [0.05, 0.1) is 11.3 Å². The van der Waals surface area contributed by atoms with Crippen LogP contribution in [-0.4, -0.2) is 27.6 Å². The summed E-state index contributed by atoms with van der Waals surface area (Å²) in [4.78, 5) is 11.1. The van der Waals surface area contributed by atoms with Gasteiger partial charge in [0.25, 0.3) is 0 Å². The summed E-state index contributed by atoms with van der Waals surface area (Å²) in [6.07, 6.45) is 3.79. The minimum atomic E-state index is 0.818. The molecule has 1 rings (SSSR count). The molecule has 96 valence electrons. The molecule has 0 unspecified atom stereocenters. The molecule has 0 aliphatic heterocycles. The van der Waals surface area contributed by atoms with Crippen LogP contribution in [0.15, 0.2) is 0 Å². The van der Waals surface area contributed by atoms with E-state index in [0.29, 0.717) is 0 Å². The van der Waals surface area contributed by atoms with Crippen molar-refractivity contribution in [2.45, 2.75) is 46.6 Å². The van der Waals surface area contributed by atoms with E-state index in [9.17, 15) is 4.79 Å². The summed E-state index contributed by atoms with van der Waals surface area (Å²) < 4.78 is 2.03. The highest BCUT2D eigenvalue weighted by Gasteiger charge is 2.14. The van der Waals surface area contributed by atoms with Crippen LogP contribution in [0.1, 0.15) is 48.9 Å². The number of aldehydes is 1. The first kappa shape index (κ1) is 14.3. The number of carbonyl (C=O) groups is 1. The number of carbonyl (C=O) groups excluding carboxylic acids is 1. The zero-order valence-electron chi connectivity index (χ0n) is 11.0. The molecule has 3 nitrogen and oxygen atoms in total. The highest BCUT2D eigenvalue weighted by molar-refractivity contribution is 7.99. The molecule has 0 spiro atoms. The van der Waals surface area contributed by atoms with E-state index in [4.69, 9.17) is 0 Å². The van der Waals surface area contributed by atoms with E-state index in [1.165, 1.54) is 5.75 Å². The number of thioether (sulfide) groups is 1. The van der Waals surface area contributed by atoms with Gasteiger partial charge < -0.3 is 0 Å². The van der Waals surface area contributed by atoms with E-state index in [1.807, 2.05) is 23.4 Å². The molecule has 4 heteroatoms. The van der Waals surface area contributed by atoms with E-state index < -0.39 is 0 Å². The third-order valence-corrected chi connectivity index (χ3v) is 3.81. The van der Waals surface area contributed by atoms with Crippen molar-refractivity contribution >= 4 is 18.0 Å². The molecule has 1 aromatic rings. The summed E-state index contributed by atoms with van der Waals surface area (Å²) in [7, 11) is 0. The zero-order chi connectivity index (χ0) is 12.7. The lowest BCUT2D eigenvalue weighted by molar-refractivity contribution is 0.112. The van der Waals surface area contributed by atoms with Crippen molar-refractivity contribution in [3.63, 3.8) is 0 Å². The number of hydrogen-bond acceptors (Lipinski definition) is 3. The van der Waals surface area contributed by atoms with Crippen LogP contribution in [-0.2, 0) is 19.4 Å². The maximum absolute atomic E-state index is 11.1. The van der Waals surface area contributed by atoms with Gasteiger partial charge in [-0.3, -0.25) is 9.48 Å². The predicted molar refractivity (Wildman–Crippen MR) is 74.0 cm³/mol. The molecule has 0 radical (unpaired) electrons. The van der Waals surface area contributed by atoms with E-state index in [1.54, 1.807) is 0 Å². The van der Waals surface area contributed by atoms with Crippen molar-refractivity contribution in [2.24, 2.45) is 0 Å². The Kier molecular flexibility index (Phi) is 6.34. The van der Waals surface area contributed by atoms with Gasteiger partial charge in [0.1, 0.15) is 0 Å². The molecule has 1 heterocycles. The van der Waals surface area contributed by atoms with Gasteiger partial charge in [0.2, 0.25) is 0 Å². The summed E-state index contributed by atoms with van der Waals surface area (Å²) in [5.41, 5.74) is 2.86. The van der Waals surface area contributed by atoms with E-state index in [0.717, 1.165) is 54.8 Å². The van der Waals surface area contributed by atoms with E-state index in [2.05, 4.69) is 18.9 Å². The topological polar surface area (TPSA) is 34.9 Å². The molecule has 0 saturated heterocycles. The summed E-state index contributed by atoms with van der Waals surface area (Å²) in [5.74, 6) is 2.33. The van der Waals surface area contributed by atoms with Crippen LogP contribution in [0.5, 0.6) is 0 Å². The molecule has 17 heavy (non-hydrogen) atoms. The van der Waals surface area contributed by atoms with Gasteiger partial charge in [-0.15, -0.1) is 0 Å². The van der Waals surface area contributed by atoms with E-state index in [-0.39, 0.29) is 0 Å². The second-order valence-corrected chi connectivity index (χ2v) is 5.30. The third-order valence-electron chi connectivity index (χ3n) is 2.83. The Morgan fingerprint density at radius 3 is 2.59 bits per heavy atom. The van der Waals surface area contributed by atoms with Gasteiger partial charge in [-0.25, -0.2) is 0 Å². The molecule has 0 aromatic carbocycles. The van der Waals surface area contributed by atoms with Crippen molar-refractivity contribution in [1.29, 1.82) is 0 Å². The monoisotopic (exact) mass is 254 g/mol. The summed E-state index contributed by atoms with van der Waals surface area (Å²) in [6, 6.07) is 0. The lowest BCUT2D eigenvalue weighted by atomic mass is 10.1. The molecule has 0 atom stereocenters. The Hall–Kier alpha value is -0.770. The fraction of sp³-hybridized carbons (Fsp3) is 0.692. The molecule has 0 fully saturated rings. The van der Waals surface area contributed by atoms with Crippen LogP contribution in [0.2, 0.25) is 0 Å². The molecule has 0 bridgehead atoms. The van der Waals surface area contributed by atoms with Gasteiger partial charge in [0, 0.05) is 12.2 Å². The van der Waals surface area contributed by atoms with Crippen LogP contribution in [0.4, 0.5) is 0 Å². The zero-order valence-corrected chi connectivity index (χ0v) is 11.8. The van der Waals surface area contributed by atoms with Crippen LogP contribution >= 0.6 is 11.8 Å². The lowest BCUT2D eigenvalue weighted by Gasteiger charge is -2.05. The second-order valence-electron chi connectivity index (χ2n) is 3.91. The number of aromatic nitrogens is 2. The Balaban J connectivity index is 2.76. The van der Waals surface area contributed by atoms with Gasteiger partial charge >= 0.3 is 0 Å². The van der Waals surface area contributed by atoms with Crippen LogP contribution in [0.25, 0.3) is 0 Å². The number of aryl methyl sites for hydroxylation is 2. The molecule has 0 amide bonds. The molecular weight excluding hydrogens is 232 g/mol. The molecule has 0 saturated carbocycles. The van der Waals surface area contributed by atoms with Gasteiger partial charge in [0.15, 0.2) is 6.29 Å². The molecule has 0 aliphatic rings. The number of rotatable bonds is 8. The average molecular weight is 254 g/mol. The normalized spacial score (nSPS) is 10.8. The summed E-state index contributed by atoms with van der Waals surface area (Å²) >= 11 is 1.95.